The second kappa shape index (κ2) is 5.16. The van der Waals surface area contributed by atoms with Gasteiger partial charge in [-0.2, -0.15) is 0 Å². The van der Waals surface area contributed by atoms with Crippen LogP contribution in [0.25, 0.3) is 0 Å². The third-order valence-corrected chi connectivity index (χ3v) is 6.35. The fraction of sp³-hybridized carbons (Fsp3) is 0. The molecule has 0 bridgehead atoms. The average Bonchev–Trinajstić information content (AvgIpc) is 2.72. The maximum atomic E-state index is 13.6. The molecular formula is C10H6BrClFNO2S2. The molecule has 2 rings (SSSR count). The van der Waals surface area contributed by atoms with Gasteiger partial charge < -0.3 is 0 Å². The molecule has 3 nitrogen and oxygen atoms in total. The number of hydrogen-bond acceptors (Lipinski definition) is 3. The fourth-order valence-corrected chi connectivity index (χ4v) is 4.82. The molecule has 18 heavy (non-hydrogen) atoms. The van der Waals surface area contributed by atoms with E-state index in [1.807, 2.05) is 0 Å². The summed E-state index contributed by atoms with van der Waals surface area (Å²) in [7, 11) is -3.82. The molecule has 0 aliphatic heterocycles. The van der Waals surface area contributed by atoms with Crippen molar-refractivity contribution in [3.05, 3.63) is 45.0 Å². The number of anilines is 1. The number of sulfonamides is 1. The van der Waals surface area contributed by atoms with Crippen LogP contribution in [-0.2, 0) is 10.0 Å². The predicted octanol–water partition coefficient (Wildman–Crippen LogP) is 4.10. The maximum absolute atomic E-state index is 13.6. The molecule has 0 aliphatic carbocycles. The first-order valence-corrected chi connectivity index (χ1v) is 8.15. The third-order valence-electron chi connectivity index (χ3n) is 2.02. The van der Waals surface area contributed by atoms with Gasteiger partial charge in [0.05, 0.1) is 10.7 Å². The number of hydrogen-bond donors (Lipinski definition) is 1. The quantitative estimate of drug-likeness (QED) is 0.884. The maximum Gasteiger partial charge on any atom is 0.272 e. The summed E-state index contributed by atoms with van der Waals surface area (Å²) < 4.78 is 40.3. The zero-order chi connectivity index (χ0) is 13.3. The Labute approximate surface area is 121 Å². The molecule has 0 saturated carbocycles. The molecule has 0 atom stereocenters. The largest absolute Gasteiger partial charge is 0.276 e. The van der Waals surface area contributed by atoms with E-state index in [2.05, 4.69) is 20.7 Å². The van der Waals surface area contributed by atoms with Gasteiger partial charge in [0.2, 0.25) is 0 Å². The van der Waals surface area contributed by atoms with Crippen molar-refractivity contribution in [2.75, 3.05) is 4.72 Å². The SMILES string of the molecule is O=S(=O)(Nc1cccc(Cl)c1F)c1sccc1Br. The lowest BCUT2D eigenvalue weighted by atomic mass is 10.3. The molecule has 0 saturated heterocycles. The Morgan fingerprint density at radius 3 is 2.67 bits per heavy atom. The second-order valence-corrected chi connectivity index (χ2v) is 7.32. The number of thiophene rings is 1. The zero-order valence-electron chi connectivity index (χ0n) is 8.65. The van der Waals surface area contributed by atoms with Crippen molar-refractivity contribution >= 4 is 54.6 Å². The Hall–Kier alpha value is -0.630. The van der Waals surface area contributed by atoms with Gasteiger partial charge in [0, 0.05) is 4.47 Å². The van der Waals surface area contributed by atoms with E-state index in [0.29, 0.717) is 4.47 Å². The van der Waals surface area contributed by atoms with E-state index in [-0.39, 0.29) is 14.9 Å². The summed E-state index contributed by atoms with van der Waals surface area (Å²) in [5.74, 6) is -0.796. The van der Waals surface area contributed by atoms with Crippen molar-refractivity contribution < 1.29 is 12.8 Å². The molecule has 1 aromatic heterocycles. The first-order valence-electron chi connectivity index (χ1n) is 4.61. The van der Waals surface area contributed by atoms with Crippen LogP contribution < -0.4 is 4.72 Å². The van der Waals surface area contributed by atoms with E-state index >= 15 is 0 Å². The summed E-state index contributed by atoms with van der Waals surface area (Å²) in [6.45, 7) is 0. The summed E-state index contributed by atoms with van der Waals surface area (Å²) in [5, 5.41) is 1.48. The van der Waals surface area contributed by atoms with E-state index in [4.69, 9.17) is 11.6 Å². The molecule has 0 aliphatic rings. The molecule has 0 spiro atoms. The van der Waals surface area contributed by atoms with Crippen molar-refractivity contribution in [1.82, 2.24) is 0 Å². The van der Waals surface area contributed by atoms with Crippen LogP contribution >= 0.6 is 38.9 Å². The van der Waals surface area contributed by atoms with Crippen molar-refractivity contribution in [1.29, 1.82) is 0 Å². The van der Waals surface area contributed by atoms with Crippen LogP contribution in [0.2, 0.25) is 5.02 Å². The molecule has 0 radical (unpaired) electrons. The van der Waals surface area contributed by atoms with Crippen LogP contribution in [0.1, 0.15) is 0 Å². The zero-order valence-corrected chi connectivity index (χ0v) is 12.6. The predicted molar refractivity (Wildman–Crippen MR) is 74.2 cm³/mol. The van der Waals surface area contributed by atoms with E-state index in [1.165, 1.54) is 18.2 Å². The number of rotatable bonds is 3. The standard InChI is InChI=1S/C10H6BrClFNO2S2/c11-6-4-5-17-10(6)18(15,16)14-8-3-1-2-7(12)9(8)13/h1-5,14H. The van der Waals surface area contributed by atoms with Gasteiger partial charge in [-0.1, -0.05) is 17.7 Å². The van der Waals surface area contributed by atoms with Crippen LogP contribution in [0.15, 0.2) is 38.3 Å². The van der Waals surface area contributed by atoms with Gasteiger partial charge in [-0.3, -0.25) is 4.72 Å². The molecule has 1 aromatic carbocycles. The summed E-state index contributed by atoms with van der Waals surface area (Å²) in [6.07, 6.45) is 0. The van der Waals surface area contributed by atoms with Crippen LogP contribution in [-0.4, -0.2) is 8.42 Å². The Morgan fingerprint density at radius 2 is 2.06 bits per heavy atom. The normalized spacial score (nSPS) is 11.5. The van der Waals surface area contributed by atoms with Gasteiger partial charge in [0.25, 0.3) is 10.0 Å². The van der Waals surface area contributed by atoms with Crippen LogP contribution in [0.4, 0.5) is 10.1 Å². The van der Waals surface area contributed by atoms with Gasteiger partial charge in [0.15, 0.2) is 10.0 Å². The average molecular weight is 371 g/mol. The van der Waals surface area contributed by atoms with E-state index in [9.17, 15) is 12.8 Å². The fourth-order valence-electron chi connectivity index (χ4n) is 1.25. The molecule has 0 amide bonds. The number of benzene rings is 1. The van der Waals surface area contributed by atoms with E-state index in [1.54, 1.807) is 11.4 Å². The first kappa shape index (κ1) is 13.8. The molecular weight excluding hydrogens is 365 g/mol. The summed E-state index contributed by atoms with van der Waals surface area (Å²) in [4.78, 5) is 0. The van der Waals surface area contributed by atoms with Gasteiger partial charge in [0.1, 0.15) is 0 Å². The van der Waals surface area contributed by atoms with Crippen molar-refractivity contribution in [3.8, 4) is 0 Å². The Balaban J connectivity index is 2.40. The van der Waals surface area contributed by atoms with Gasteiger partial charge in [-0.15, -0.1) is 11.3 Å². The van der Waals surface area contributed by atoms with Crippen LogP contribution in [0.5, 0.6) is 0 Å². The van der Waals surface area contributed by atoms with E-state index in [0.717, 1.165) is 11.3 Å². The second-order valence-electron chi connectivity index (χ2n) is 3.26. The molecule has 0 fully saturated rings. The molecule has 96 valence electrons. The van der Waals surface area contributed by atoms with Crippen molar-refractivity contribution in [2.24, 2.45) is 0 Å². The minimum atomic E-state index is -3.82. The minimum absolute atomic E-state index is 0.0851. The summed E-state index contributed by atoms with van der Waals surface area (Å²) in [5.41, 5.74) is -0.178. The third kappa shape index (κ3) is 2.69. The van der Waals surface area contributed by atoms with Gasteiger partial charge in [-0.05, 0) is 39.5 Å². The monoisotopic (exact) mass is 369 g/mol. The highest BCUT2D eigenvalue weighted by Crippen LogP contribution is 2.30. The molecule has 8 heteroatoms. The topological polar surface area (TPSA) is 46.2 Å². The lowest BCUT2D eigenvalue weighted by molar-refractivity contribution is 0.600. The molecule has 0 unspecified atom stereocenters. The molecule has 2 aromatic rings. The van der Waals surface area contributed by atoms with E-state index < -0.39 is 15.8 Å². The summed E-state index contributed by atoms with van der Waals surface area (Å²) in [6, 6.07) is 5.72. The Morgan fingerprint density at radius 1 is 1.33 bits per heavy atom. The smallest absolute Gasteiger partial charge is 0.272 e. The highest BCUT2D eigenvalue weighted by atomic mass is 79.9. The van der Waals surface area contributed by atoms with Gasteiger partial charge in [-0.25, -0.2) is 12.8 Å². The van der Waals surface area contributed by atoms with Crippen molar-refractivity contribution in [3.63, 3.8) is 0 Å². The van der Waals surface area contributed by atoms with Gasteiger partial charge >= 0.3 is 0 Å². The minimum Gasteiger partial charge on any atom is -0.276 e. The highest BCUT2D eigenvalue weighted by Gasteiger charge is 2.21. The number of nitrogens with one attached hydrogen (secondary N) is 1. The van der Waals surface area contributed by atoms with Crippen LogP contribution in [0.3, 0.4) is 0 Å². The number of halogens is 3. The first-order chi connectivity index (χ1) is 8.42. The summed E-state index contributed by atoms with van der Waals surface area (Å²) >= 11 is 9.74. The van der Waals surface area contributed by atoms with Crippen molar-refractivity contribution in [2.45, 2.75) is 4.21 Å². The molecule has 1 heterocycles. The Kier molecular flexibility index (Phi) is 3.96. The lowest BCUT2D eigenvalue weighted by Gasteiger charge is -2.08. The van der Waals surface area contributed by atoms with Crippen LogP contribution in [0, 0.1) is 5.82 Å². The lowest BCUT2D eigenvalue weighted by Crippen LogP contribution is -2.13. The molecule has 1 N–H and O–H groups in total. The Bertz CT molecular complexity index is 687. The highest BCUT2D eigenvalue weighted by molar-refractivity contribution is 9.10.